The Morgan fingerprint density at radius 1 is 1.23 bits per heavy atom. The Hall–Kier alpha value is -1.90. The van der Waals surface area contributed by atoms with Gasteiger partial charge in [0.2, 0.25) is 0 Å². The van der Waals surface area contributed by atoms with Gasteiger partial charge in [0.15, 0.2) is 5.78 Å². The maximum Gasteiger partial charge on any atom is 0.310 e. The molecular weight excluding hydrogens is 276 g/mol. The van der Waals surface area contributed by atoms with Crippen LogP contribution in [0.15, 0.2) is 30.0 Å². The van der Waals surface area contributed by atoms with E-state index < -0.39 is 0 Å². The van der Waals surface area contributed by atoms with Crippen molar-refractivity contribution < 1.29 is 14.3 Å². The van der Waals surface area contributed by atoms with E-state index >= 15 is 0 Å². The number of carbonyl (C=O) groups is 2. The van der Waals surface area contributed by atoms with E-state index in [4.69, 9.17) is 4.74 Å². The number of hydrogen-bond donors (Lipinski definition) is 0. The van der Waals surface area contributed by atoms with Crippen LogP contribution in [-0.2, 0) is 14.3 Å². The lowest BCUT2D eigenvalue weighted by Crippen LogP contribution is -2.20. The molecule has 118 valence electrons. The van der Waals surface area contributed by atoms with Crippen molar-refractivity contribution in [3.8, 4) is 0 Å². The van der Waals surface area contributed by atoms with E-state index in [9.17, 15) is 9.59 Å². The fourth-order valence-corrected chi connectivity index (χ4v) is 2.71. The van der Waals surface area contributed by atoms with Gasteiger partial charge in [-0.25, -0.2) is 0 Å². The SMILES string of the molecule is CCCCC(=O)OC1=C(c2ccc(C)cc2)C(=O)CC(C)C1. The molecule has 1 aliphatic rings. The molecule has 3 heteroatoms. The summed E-state index contributed by atoms with van der Waals surface area (Å²) in [5.74, 6) is 0.605. The van der Waals surface area contributed by atoms with E-state index in [0.717, 1.165) is 24.0 Å². The van der Waals surface area contributed by atoms with Crippen LogP contribution >= 0.6 is 0 Å². The molecule has 2 rings (SSSR count). The van der Waals surface area contributed by atoms with Crippen LogP contribution in [0.25, 0.3) is 5.57 Å². The zero-order chi connectivity index (χ0) is 16.1. The molecule has 0 bridgehead atoms. The highest BCUT2D eigenvalue weighted by atomic mass is 16.5. The van der Waals surface area contributed by atoms with Gasteiger partial charge >= 0.3 is 5.97 Å². The number of esters is 1. The zero-order valence-electron chi connectivity index (χ0n) is 13.6. The van der Waals surface area contributed by atoms with Gasteiger partial charge in [-0.3, -0.25) is 9.59 Å². The first-order chi connectivity index (χ1) is 10.5. The first kappa shape index (κ1) is 16.5. The van der Waals surface area contributed by atoms with E-state index in [2.05, 4.69) is 0 Å². The minimum absolute atomic E-state index is 0.0703. The monoisotopic (exact) mass is 300 g/mol. The van der Waals surface area contributed by atoms with Crippen molar-refractivity contribution in [3.63, 3.8) is 0 Å². The van der Waals surface area contributed by atoms with Gasteiger partial charge in [0.1, 0.15) is 5.76 Å². The van der Waals surface area contributed by atoms with Gasteiger partial charge in [0.05, 0.1) is 5.57 Å². The number of carbonyl (C=O) groups excluding carboxylic acids is 2. The van der Waals surface area contributed by atoms with Crippen LogP contribution in [0, 0.1) is 12.8 Å². The summed E-state index contributed by atoms with van der Waals surface area (Å²) in [6.45, 7) is 6.06. The number of ketones is 1. The molecule has 0 saturated carbocycles. The number of hydrogen-bond acceptors (Lipinski definition) is 3. The summed E-state index contributed by atoms with van der Waals surface area (Å²) < 4.78 is 5.55. The molecule has 0 heterocycles. The number of benzene rings is 1. The number of unbranched alkanes of at least 4 members (excludes halogenated alkanes) is 1. The molecule has 0 N–H and O–H groups in total. The number of allylic oxidation sites excluding steroid dienone is 2. The predicted molar refractivity (Wildman–Crippen MR) is 87.1 cm³/mol. The van der Waals surface area contributed by atoms with E-state index in [1.54, 1.807) is 0 Å². The predicted octanol–water partition coefficient (Wildman–Crippen LogP) is 4.44. The second kappa shape index (κ2) is 7.39. The van der Waals surface area contributed by atoms with Crippen molar-refractivity contribution in [2.45, 2.75) is 52.9 Å². The minimum Gasteiger partial charge on any atom is -0.430 e. The molecule has 0 fully saturated rings. The lowest BCUT2D eigenvalue weighted by Gasteiger charge is -2.23. The molecule has 1 atom stereocenters. The molecule has 1 aromatic rings. The Kier molecular flexibility index (Phi) is 5.53. The fourth-order valence-electron chi connectivity index (χ4n) is 2.71. The Morgan fingerprint density at radius 2 is 1.91 bits per heavy atom. The van der Waals surface area contributed by atoms with Crippen LogP contribution in [-0.4, -0.2) is 11.8 Å². The average molecular weight is 300 g/mol. The van der Waals surface area contributed by atoms with Crippen molar-refractivity contribution in [2.75, 3.05) is 0 Å². The average Bonchev–Trinajstić information content (AvgIpc) is 2.46. The molecule has 0 spiro atoms. The quantitative estimate of drug-likeness (QED) is 0.755. The standard InChI is InChI=1S/C19H24O3/c1-4-5-6-18(21)22-17-12-14(3)11-16(20)19(17)15-9-7-13(2)8-10-15/h7-10,14H,4-6,11-12H2,1-3H3. The van der Waals surface area contributed by atoms with Crippen molar-refractivity contribution in [1.29, 1.82) is 0 Å². The highest BCUT2D eigenvalue weighted by Crippen LogP contribution is 2.34. The second-order valence-corrected chi connectivity index (χ2v) is 6.18. The molecule has 1 unspecified atom stereocenters. The van der Waals surface area contributed by atoms with Gasteiger partial charge in [-0.05, 0) is 24.8 Å². The lowest BCUT2D eigenvalue weighted by molar-refractivity contribution is -0.140. The summed E-state index contributed by atoms with van der Waals surface area (Å²) in [6, 6.07) is 7.81. The van der Waals surface area contributed by atoms with E-state index in [0.29, 0.717) is 30.6 Å². The number of aryl methyl sites for hydroxylation is 1. The molecule has 0 amide bonds. The molecule has 1 aliphatic carbocycles. The van der Waals surface area contributed by atoms with Crippen LogP contribution in [0.5, 0.6) is 0 Å². The largest absolute Gasteiger partial charge is 0.430 e. The van der Waals surface area contributed by atoms with Crippen LogP contribution in [0.4, 0.5) is 0 Å². The highest BCUT2D eigenvalue weighted by molar-refractivity contribution is 6.22. The summed E-state index contributed by atoms with van der Waals surface area (Å²) in [5.41, 5.74) is 2.58. The summed E-state index contributed by atoms with van der Waals surface area (Å²) in [6.07, 6.45) is 3.33. The molecular formula is C19H24O3. The first-order valence-corrected chi connectivity index (χ1v) is 8.05. The Labute approximate surface area is 132 Å². The normalized spacial score (nSPS) is 18.5. The topological polar surface area (TPSA) is 43.4 Å². The maximum absolute atomic E-state index is 12.4. The van der Waals surface area contributed by atoms with Gasteiger partial charge in [-0.1, -0.05) is 50.1 Å². The van der Waals surface area contributed by atoms with Crippen molar-refractivity contribution in [1.82, 2.24) is 0 Å². The highest BCUT2D eigenvalue weighted by Gasteiger charge is 2.28. The van der Waals surface area contributed by atoms with Crippen molar-refractivity contribution in [2.24, 2.45) is 5.92 Å². The lowest BCUT2D eigenvalue weighted by atomic mass is 9.85. The molecule has 0 radical (unpaired) electrons. The minimum atomic E-state index is -0.233. The Balaban J connectivity index is 2.32. The molecule has 3 nitrogen and oxygen atoms in total. The summed E-state index contributed by atoms with van der Waals surface area (Å²) in [5, 5.41) is 0. The third-order valence-corrected chi connectivity index (χ3v) is 3.94. The van der Waals surface area contributed by atoms with Crippen molar-refractivity contribution >= 4 is 17.3 Å². The second-order valence-electron chi connectivity index (χ2n) is 6.18. The maximum atomic E-state index is 12.4. The van der Waals surface area contributed by atoms with Gasteiger partial charge in [-0.2, -0.15) is 0 Å². The number of ether oxygens (including phenoxy) is 1. The van der Waals surface area contributed by atoms with E-state index in [1.807, 2.05) is 45.0 Å². The molecule has 0 aromatic heterocycles. The fraction of sp³-hybridized carbons (Fsp3) is 0.474. The van der Waals surface area contributed by atoms with Gasteiger partial charge < -0.3 is 4.74 Å². The first-order valence-electron chi connectivity index (χ1n) is 8.05. The van der Waals surface area contributed by atoms with Gasteiger partial charge in [0.25, 0.3) is 0 Å². The molecule has 22 heavy (non-hydrogen) atoms. The third-order valence-electron chi connectivity index (χ3n) is 3.94. The van der Waals surface area contributed by atoms with Crippen molar-refractivity contribution in [3.05, 3.63) is 41.2 Å². The van der Waals surface area contributed by atoms with E-state index in [-0.39, 0.29) is 17.7 Å². The molecule has 1 aromatic carbocycles. The number of Topliss-reactive ketones (excluding diaryl/α,β-unsaturated/α-hetero) is 1. The summed E-state index contributed by atoms with van der Waals surface area (Å²) >= 11 is 0. The molecule has 0 aliphatic heterocycles. The van der Waals surface area contributed by atoms with Gasteiger partial charge in [-0.15, -0.1) is 0 Å². The van der Waals surface area contributed by atoms with E-state index in [1.165, 1.54) is 0 Å². The Bertz CT molecular complexity index is 581. The molecule has 0 saturated heterocycles. The van der Waals surface area contributed by atoms with Crippen LogP contribution in [0.2, 0.25) is 0 Å². The summed E-state index contributed by atoms with van der Waals surface area (Å²) in [7, 11) is 0. The van der Waals surface area contributed by atoms with Crippen LogP contribution < -0.4 is 0 Å². The number of rotatable bonds is 5. The Morgan fingerprint density at radius 3 is 2.55 bits per heavy atom. The van der Waals surface area contributed by atoms with Gasteiger partial charge in [0, 0.05) is 19.3 Å². The smallest absolute Gasteiger partial charge is 0.310 e. The summed E-state index contributed by atoms with van der Waals surface area (Å²) in [4.78, 5) is 24.4. The van der Waals surface area contributed by atoms with Crippen LogP contribution in [0.1, 0.15) is 57.1 Å². The third kappa shape index (κ3) is 4.06. The van der Waals surface area contributed by atoms with Crippen LogP contribution in [0.3, 0.4) is 0 Å². The zero-order valence-corrected chi connectivity index (χ0v) is 13.6.